The van der Waals surface area contributed by atoms with Gasteiger partial charge in [-0.2, -0.15) is 13.5 Å². The van der Waals surface area contributed by atoms with Gasteiger partial charge in [-0.1, -0.05) is 73.0 Å². The number of nitrogens with one attached hydrogen (secondary N) is 5. The van der Waals surface area contributed by atoms with Gasteiger partial charge in [0.25, 0.3) is 33.5 Å². The van der Waals surface area contributed by atoms with Gasteiger partial charge in [-0.05, 0) is 81.0 Å². The first-order valence-electron chi connectivity index (χ1n) is 29.1. The highest BCUT2D eigenvalue weighted by Crippen LogP contribution is 2.49. The predicted molar refractivity (Wildman–Crippen MR) is 331 cm³/mol. The van der Waals surface area contributed by atoms with Crippen LogP contribution in [0.3, 0.4) is 0 Å². The van der Waals surface area contributed by atoms with Crippen molar-refractivity contribution in [2.75, 3.05) is 50.3 Å². The number of imide groups is 1. The second-order valence-electron chi connectivity index (χ2n) is 22.7. The Hall–Kier alpha value is -8.94. The van der Waals surface area contributed by atoms with E-state index in [1.165, 1.54) is 39.2 Å². The van der Waals surface area contributed by atoms with Crippen LogP contribution in [0.15, 0.2) is 95.7 Å². The number of epoxide rings is 1. The molecule has 92 heavy (non-hydrogen) atoms. The van der Waals surface area contributed by atoms with E-state index in [4.69, 9.17) is 35.3 Å². The molecule has 3 aromatic rings. The van der Waals surface area contributed by atoms with Gasteiger partial charge in [-0.25, -0.2) is 10.2 Å². The molecular weight excluding hydrogens is 1250 g/mol. The largest absolute Gasteiger partial charge is 0.495 e. The zero-order valence-corrected chi connectivity index (χ0v) is 52.9. The zero-order chi connectivity index (χ0) is 67.4. The number of carbonyl (C=O) groups is 9. The minimum absolute atomic E-state index is 0.112. The number of hydrazone groups is 1. The average molecular weight is 1320 g/mol. The first kappa shape index (κ1) is 70.5. The fourth-order valence-electron chi connectivity index (χ4n) is 10.7. The summed E-state index contributed by atoms with van der Waals surface area (Å²) in [6.45, 7) is 6.57. The maximum Gasteiger partial charge on any atom is 0.409 e. The van der Waals surface area contributed by atoms with Crippen molar-refractivity contribution >= 4 is 97.9 Å². The van der Waals surface area contributed by atoms with Crippen LogP contribution in [0.2, 0.25) is 5.02 Å². The fourth-order valence-corrected chi connectivity index (χ4v) is 11.7. The molecule has 8 atom stereocenters. The molecule has 7 N–H and O–H groups in total. The summed E-state index contributed by atoms with van der Waals surface area (Å²) >= 11 is 6.82. The number of esters is 1. The molecule has 2 fully saturated rings. The van der Waals surface area contributed by atoms with Crippen molar-refractivity contribution < 1.29 is 89.8 Å². The molecule has 0 unspecified atom stereocenters. The molecule has 31 heteroatoms. The molecule has 0 radical (unpaired) electrons. The van der Waals surface area contributed by atoms with E-state index in [0.717, 1.165) is 40.3 Å². The number of alkyl carbamates (subject to hydrolysis) is 1. The Morgan fingerprint density at radius 3 is 2.36 bits per heavy atom. The summed E-state index contributed by atoms with van der Waals surface area (Å²) < 4.78 is 62.2. The number of allylic oxidation sites excluding steroid dienone is 3. The molecule has 0 aliphatic carbocycles. The van der Waals surface area contributed by atoms with E-state index < -0.39 is 146 Å². The summed E-state index contributed by atoms with van der Waals surface area (Å²) in [4.78, 5) is 130. The standard InChI is InChI=1S/C61H72ClN9O20S/c1-34-12-11-13-47(88-7)61(81)32-46(89-59(80)66-61)35(2)56-60(4,91-56)48(31-53(76)69(5)44-27-38(26-34)28-45(87-6)55(44)62)90-54(77)29-37-15-17-39(18-16-37)36(3)67-68-57(78)41-20-19-40(30-43(41)71(82)83)64-50(73)23-24-63-58(79)42(33-92(84,85)86)65-49(72)14-9-8-10-25-70-51(74)21-22-52(70)75/h11-13,15-22,27-28,30,35,42,46-48,56,81H,8-10,14,23-26,29,31-33H2,1-7H3,(H,63,79)(H,64,73)(H,65,72)(H,66,80)(H,68,78)(H,84,85,86)/b13-11+,34-12+,67-36+/t35-,42+,46+,47-,48+,56+,60+,61+/m1/s1. The van der Waals surface area contributed by atoms with E-state index in [9.17, 15) is 71.3 Å². The number of unbranched alkanes of at least 4 members (excludes halogenated alkanes) is 2. The number of aliphatic hydroxyl groups is 1. The topological polar surface area (TPSA) is 400 Å². The quantitative estimate of drug-likeness (QED) is 0.0102. The molecule has 4 heterocycles. The van der Waals surface area contributed by atoms with E-state index in [1.807, 2.05) is 13.0 Å². The Morgan fingerprint density at radius 2 is 1.70 bits per heavy atom. The molecule has 0 spiro atoms. The van der Waals surface area contributed by atoms with Crippen LogP contribution in [0.4, 0.5) is 21.9 Å². The fraction of sp³-hybridized carbons (Fsp3) is 0.443. The van der Waals surface area contributed by atoms with E-state index in [2.05, 4.69) is 31.8 Å². The zero-order valence-electron chi connectivity index (χ0n) is 51.4. The second-order valence-corrected chi connectivity index (χ2v) is 24.6. The third kappa shape index (κ3) is 18.4. The SMILES string of the molecule is COc1cc2cc(c1Cl)N(C)C(=O)C[C@H](OC(=O)Cc1ccc(/C(C)=N/NC(=O)c3ccc(NC(=O)CCNC(=O)[C@H](CS(=O)(=O)O)NC(=O)CCCCCN4C(=O)C=CC4=O)cc3[N+](=O)[O-])cc1)[C@]1(C)O[C@H]1[C@H](C)[C@@H]1C[C@@](O)(NC(=O)O1)[C@H](OC)/C=C/C=C(\C)C2. The number of nitro groups is 1. The number of methoxy groups -OCH3 is 2. The van der Waals surface area contributed by atoms with Gasteiger partial charge in [0, 0.05) is 76.3 Å². The second kappa shape index (κ2) is 30.5. The average Bonchev–Trinajstić information content (AvgIpc) is 1.57. The Bertz CT molecular complexity index is 3620. The Balaban J connectivity index is 0.953. The van der Waals surface area contributed by atoms with E-state index in [-0.39, 0.29) is 55.1 Å². The minimum atomic E-state index is -4.78. The normalized spacial score (nSPS) is 23.8. The van der Waals surface area contributed by atoms with Crippen LogP contribution in [0.25, 0.3) is 0 Å². The highest BCUT2D eigenvalue weighted by atomic mass is 35.5. The van der Waals surface area contributed by atoms with Crippen molar-refractivity contribution in [2.45, 2.75) is 127 Å². The number of hydrogen-bond donors (Lipinski definition) is 7. The number of hydrogen-bond acceptors (Lipinski definition) is 20. The Kier molecular flexibility index (Phi) is 23.3. The van der Waals surface area contributed by atoms with Gasteiger partial charge in [-0.3, -0.25) is 63.2 Å². The number of amides is 8. The van der Waals surface area contributed by atoms with Crippen LogP contribution >= 0.6 is 11.6 Å². The van der Waals surface area contributed by atoms with Gasteiger partial charge >= 0.3 is 12.1 Å². The summed E-state index contributed by atoms with van der Waals surface area (Å²) in [5.41, 5.74) is 0.928. The molecule has 4 aliphatic rings. The lowest BCUT2D eigenvalue weighted by atomic mass is 9.83. The van der Waals surface area contributed by atoms with Crippen molar-refractivity contribution in [3.63, 3.8) is 0 Å². The molecule has 7 rings (SSSR count). The maximum absolute atomic E-state index is 14.4. The van der Waals surface area contributed by atoms with Gasteiger partial charge in [0.1, 0.15) is 52.0 Å². The van der Waals surface area contributed by atoms with Crippen molar-refractivity contribution in [2.24, 2.45) is 11.0 Å². The lowest BCUT2D eigenvalue weighted by Crippen LogP contribution is -2.63. The van der Waals surface area contributed by atoms with Gasteiger partial charge < -0.3 is 49.6 Å². The van der Waals surface area contributed by atoms with Crippen LogP contribution in [0.1, 0.15) is 99.7 Å². The van der Waals surface area contributed by atoms with Crippen LogP contribution in [0.5, 0.6) is 5.75 Å². The predicted octanol–water partition coefficient (Wildman–Crippen LogP) is 4.28. The maximum atomic E-state index is 14.4. The van der Waals surface area contributed by atoms with Gasteiger partial charge in [0.2, 0.25) is 23.6 Å². The van der Waals surface area contributed by atoms with Crippen molar-refractivity contribution in [1.82, 2.24) is 26.3 Å². The number of ether oxygens (including phenoxy) is 5. The number of anilines is 2. The summed E-state index contributed by atoms with van der Waals surface area (Å²) in [6, 6.07) is 11.3. The molecule has 0 saturated carbocycles. The Labute approximate surface area is 534 Å². The Morgan fingerprint density at radius 1 is 0.989 bits per heavy atom. The van der Waals surface area contributed by atoms with Gasteiger partial charge in [-0.15, -0.1) is 0 Å². The minimum Gasteiger partial charge on any atom is -0.495 e. The lowest BCUT2D eigenvalue weighted by molar-refractivity contribution is -0.385. The molecule has 2 saturated heterocycles. The number of nitro benzene ring substituents is 1. The van der Waals surface area contributed by atoms with E-state index >= 15 is 0 Å². The number of nitrogens with zero attached hydrogens (tertiary/aromatic N) is 4. The van der Waals surface area contributed by atoms with Gasteiger partial charge in [0.05, 0.1) is 42.4 Å². The van der Waals surface area contributed by atoms with Crippen LogP contribution < -0.4 is 36.3 Å². The third-order valence-electron chi connectivity index (χ3n) is 15.9. The van der Waals surface area contributed by atoms with E-state index in [1.54, 1.807) is 62.4 Å². The first-order valence-corrected chi connectivity index (χ1v) is 31.1. The van der Waals surface area contributed by atoms with Crippen LogP contribution in [-0.2, 0) is 75.5 Å². The van der Waals surface area contributed by atoms with Crippen LogP contribution in [0, 0.1) is 16.0 Å². The number of halogens is 1. The highest BCUT2D eigenvalue weighted by molar-refractivity contribution is 7.85. The molecule has 4 bridgehead atoms. The van der Waals surface area contributed by atoms with Crippen molar-refractivity contribution in [3.05, 3.63) is 128 Å². The molecule has 0 aromatic heterocycles. The smallest absolute Gasteiger partial charge is 0.409 e. The highest BCUT2D eigenvalue weighted by Gasteiger charge is 2.64. The summed E-state index contributed by atoms with van der Waals surface area (Å²) in [5, 5.41) is 37.7. The molecule has 29 nitrogen and oxygen atoms in total. The summed E-state index contributed by atoms with van der Waals surface area (Å²) in [5.74, 6) is -7.18. The number of benzene rings is 3. The number of fused-ring (bicyclic) bond motifs is 5. The molecule has 494 valence electrons. The van der Waals surface area contributed by atoms with Crippen molar-refractivity contribution in [1.29, 1.82) is 0 Å². The molecular formula is C61H72ClN9O20S. The van der Waals surface area contributed by atoms with Crippen LogP contribution in [-0.4, -0.2) is 169 Å². The first-order chi connectivity index (χ1) is 43.4. The molecule has 3 aromatic carbocycles. The number of rotatable bonds is 23. The monoisotopic (exact) mass is 1320 g/mol. The molecule has 4 aliphatic heterocycles. The number of carbonyl (C=O) groups excluding carboxylic acids is 9. The lowest BCUT2D eigenvalue weighted by Gasteiger charge is -2.42. The summed E-state index contributed by atoms with van der Waals surface area (Å²) in [7, 11) is -0.408. The van der Waals surface area contributed by atoms with Gasteiger partial charge in [0.15, 0.2) is 5.72 Å². The molecule has 8 amide bonds. The van der Waals surface area contributed by atoms with Crippen molar-refractivity contribution in [3.8, 4) is 5.75 Å². The van der Waals surface area contributed by atoms with E-state index in [0.29, 0.717) is 41.8 Å². The summed E-state index contributed by atoms with van der Waals surface area (Å²) in [6.07, 6.45) is 2.65. The third-order valence-corrected chi connectivity index (χ3v) is 17.0.